The van der Waals surface area contributed by atoms with Crippen LogP contribution in [-0.4, -0.2) is 27.6 Å². The van der Waals surface area contributed by atoms with Gasteiger partial charge in [0.1, 0.15) is 5.58 Å². The zero-order chi connectivity index (χ0) is 47.9. The topological polar surface area (TPSA) is 56.7 Å². The summed E-state index contributed by atoms with van der Waals surface area (Å²) in [5, 5.41) is 3.63. The zero-order valence-electron chi connectivity index (χ0n) is 41.8. The molecule has 0 aliphatic rings. The van der Waals surface area contributed by atoms with Gasteiger partial charge >= 0.3 is 0 Å². The van der Waals surface area contributed by atoms with Gasteiger partial charge in [-0.05, 0) is 88.0 Å². The molecule has 10 rings (SSSR count). The Bertz CT molecular complexity index is 3370. The molecule has 6 aromatic carbocycles. The molecule has 5 nitrogen and oxygen atoms in total. The number of furan rings is 1. The van der Waals surface area contributed by atoms with Crippen LogP contribution in [-0.2, 0) is 26.5 Å². The molecule has 0 atom stereocenters. The molecule has 0 N–H and O–H groups in total. The van der Waals surface area contributed by atoms with Gasteiger partial charge in [-0.2, -0.15) is 0 Å². The van der Waals surface area contributed by atoms with Crippen LogP contribution in [0, 0.1) is 24.5 Å². The van der Waals surface area contributed by atoms with Gasteiger partial charge in [0.05, 0.1) is 41.9 Å². The van der Waals surface area contributed by atoms with Crippen molar-refractivity contribution in [3.63, 3.8) is 0 Å². The van der Waals surface area contributed by atoms with E-state index < -0.39 is 8.07 Å². The number of nitrogens with zero attached hydrogens (tertiary/aromatic N) is 4. The largest absolute Gasteiger partial charge is 0.501 e. The van der Waals surface area contributed by atoms with Gasteiger partial charge in [-0.15, -0.1) is 54.1 Å². The molecule has 351 valence electrons. The Hall–Kier alpha value is -6.24. The maximum atomic E-state index is 6.58. The third-order valence-corrected chi connectivity index (χ3v) is 14.8. The van der Waals surface area contributed by atoms with Crippen molar-refractivity contribution in [2.45, 2.75) is 93.3 Å². The van der Waals surface area contributed by atoms with E-state index in [4.69, 9.17) is 19.4 Å². The number of aromatic nitrogens is 4. The Morgan fingerprint density at radius 1 is 0.652 bits per heavy atom. The van der Waals surface area contributed by atoms with Crippen molar-refractivity contribution in [2.24, 2.45) is 5.41 Å². The number of hydrogen-bond donors (Lipinski definition) is 0. The zero-order valence-corrected chi connectivity index (χ0v) is 45.2. The first-order chi connectivity index (χ1) is 32.6. The standard InChI is InChI=1S/C43H36N3O.C19H26NSi.Ir/c1-26(2)35-23-31(29-15-8-6-9-16-29)24-36(27(3)4)41(35)46-40-28(5)44-37(30-17-10-7-11-18-30)25-38(40)45-43(46)34-21-14-20-33-32-19-12-13-22-39(32)47-42(33)34;1-19(2,3)13-16-12-17(15-10-8-7-9-11-15)20-14-18(16)21(4,5)6;/h6-20,22-27H,1-5H3;7-10,12,14H,13H2,1-6H3;/q2*-1;. The van der Waals surface area contributed by atoms with Crippen LogP contribution in [0.15, 0.2) is 156 Å². The number of pyridine rings is 2. The van der Waals surface area contributed by atoms with E-state index in [1.807, 2.05) is 42.5 Å². The molecule has 7 heteroatoms. The van der Waals surface area contributed by atoms with Gasteiger partial charge < -0.3 is 14.0 Å². The monoisotopic (exact) mass is 1100 g/mol. The molecule has 0 spiro atoms. The minimum absolute atomic E-state index is 0. The first-order valence-corrected chi connectivity index (χ1v) is 27.5. The maximum Gasteiger partial charge on any atom is 0.120 e. The van der Waals surface area contributed by atoms with Gasteiger partial charge in [-0.3, -0.25) is 9.97 Å². The fourth-order valence-electron chi connectivity index (χ4n) is 9.49. The Kier molecular flexibility index (Phi) is 14.3. The Morgan fingerprint density at radius 3 is 1.91 bits per heavy atom. The third kappa shape index (κ3) is 10.2. The number of rotatable bonds is 9. The molecule has 69 heavy (non-hydrogen) atoms. The van der Waals surface area contributed by atoms with Crippen LogP contribution >= 0.6 is 0 Å². The molecule has 0 saturated heterocycles. The summed E-state index contributed by atoms with van der Waals surface area (Å²) in [7, 11) is -1.37. The summed E-state index contributed by atoms with van der Waals surface area (Å²) >= 11 is 0. The average molecular weight is 1100 g/mol. The molecule has 0 saturated carbocycles. The second-order valence-electron chi connectivity index (χ2n) is 21.0. The number of hydrogen-bond acceptors (Lipinski definition) is 4. The third-order valence-electron chi connectivity index (χ3n) is 12.7. The molecule has 1 radical (unpaired) electrons. The van der Waals surface area contributed by atoms with E-state index in [0.29, 0.717) is 0 Å². The van der Waals surface area contributed by atoms with Crippen LogP contribution in [0.4, 0.5) is 0 Å². The van der Waals surface area contributed by atoms with Crippen molar-refractivity contribution >= 4 is 46.2 Å². The molecular weight excluding hydrogens is 1040 g/mol. The number of imidazole rings is 1. The van der Waals surface area contributed by atoms with Gasteiger partial charge in [0.15, 0.2) is 0 Å². The molecule has 0 aliphatic heterocycles. The van der Waals surface area contributed by atoms with E-state index in [2.05, 4.69) is 201 Å². The molecule has 0 unspecified atom stereocenters. The average Bonchev–Trinajstić information content (AvgIpc) is 3.90. The predicted molar refractivity (Wildman–Crippen MR) is 289 cm³/mol. The van der Waals surface area contributed by atoms with E-state index in [-0.39, 0.29) is 37.4 Å². The number of benzene rings is 6. The second-order valence-corrected chi connectivity index (χ2v) is 26.0. The minimum Gasteiger partial charge on any atom is -0.501 e. The normalized spacial score (nSPS) is 11.9. The summed E-state index contributed by atoms with van der Waals surface area (Å²) in [5.41, 5.74) is 17.3. The molecule has 10 aromatic rings. The van der Waals surface area contributed by atoms with E-state index in [1.165, 1.54) is 33.0 Å². The van der Waals surface area contributed by atoms with Crippen molar-refractivity contribution in [1.29, 1.82) is 0 Å². The van der Waals surface area contributed by atoms with E-state index >= 15 is 0 Å². The SMILES string of the molecule is CC(C)(C)Cc1cc(-c2[c-]cccc2)ncc1[Si](C)(C)C.Cc1nc(-c2ccccc2)cc2nc(-c3[c-]ccc4c3oc3ccccc34)n(-c3c(C(C)C)cc(-c4ccccc4)cc3C(C)C)c12.[Ir]. The Labute approximate surface area is 423 Å². The second kappa shape index (κ2) is 20.0. The molecule has 0 fully saturated rings. The van der Waals surface area contributed by atoms with Crippen molar-refractivity contribution in [3.8, 4) is 50.7 Å². The van der Waals surface area contributed by atoms with Gasteiger partial charge in [0.25, 0.3) is 0 Å². The van der Waals surface area contributed by atoms with Gasteiger partial charge in [-0.25, -0.2) is 0 Å². The van der Waals surface area contributed by atoms with Gasteiger partial charge in [0.2, 0.25) is 0 Å². The Balaban J connectivity index is 0.000000246. The quantitative estimate of drug-likeness (QED) is 0.107. The fraction of sp³-hybridized carbons (Fsp3) is 0.242. The van der Waals surface area contributed by atoms with Crippen molar-refractivity contribution in [2.75, 3.05) is 0 Å². The summed E-state index contributed by atoms with van der Waals surface area (Å²) in [4.78, 5) is 15.3. The first kappa shape index (κ1) is 49.2. The van der Waals surface area contributed by atoms with Crippen LogP contribution in [0.3, 0.4) is 0 Å². The summed E-state index contributed by atoms with van der Waals surface area (Å²) in [6.07, 6.45) is 3.21. The van der Waals surface area contributed by atoms with Crippen LogP contribution in [0.2, 0.25) is 19.6 Å². The maximum absolute atomic E-state index is 6.58. The summed E-state index contributed by atoms with van der Waals surface area (Å²) in [6, 6.07) is 57.4. The van der Waals surface area contributed by atoms with Gasteiger partial charge in [-0.1, -0.05) is 170 Å². The molecule has 4 heterocycles. The van der Waals surface area contributed by atoms with Crippen LogP contribution in [0.25, 0.3) is 83.7 Å². The van der Waals surface area contributed by atoms with E-state index in [1.54, 1.807) is 0 Å². The molecule has 0 aliphatic carbocycles. The molecule has 0 amide bonds. The van der Waals surface area contributed by atoms with E-state index in [0.717, 1.165) is 84.7 Å². The number of para-hydroxylation sites is 1. The molecular formula is C62H62IrN4OSi-2. The smallest absolute Gasteiger partial charge is 0.120 e. The van der Waals surface area contributed by atoms with Crippen molar-refractivity contribution in [3.05, 3.63) is 186 Å². The summed E-state index contributed by atoms with van der Waals surface area (Å²) in [6.45, 7) is 25.3. The fourth-order valence-corrected chi connectivity index (χ4v) is 11.1. The van der Waals surface area contributed by atoms with Crippen molar-refractivity contribution in [1.82, 2.24) is 19.5 Å². The first-order valence-electron chi connectivity index (χ1n) is 24.0. The number of fused-ring (bicyclic) bond motifs is 4. The van der Waals surface area contributed by atoms with Crippen LogP contribution in [0.5, 0.6) is 0 Å². The van der Waals surface area contributed by atoms with Gasteiger partial charge in [0, 0.05) is 42.9 Å². The summed E-state index contributed by atoms with van der Waals surface area (Å²) in [5.74, 6) is 1.30. The van der Waals surface area contributed by atoms with Crippen LogP contribution in [0.1, 0.15) is 82.7 Å². The number of aryl methyl sites for hydroxylation is 1. The minimum atomic E-state index is -1.37. The van der Waals surface area contributed by atoms with Crippen molar-refractivity contribution < 1.29 is 24.5 Å². The molecule has 4 aromatic heterocycles. The summed E-state index contributed by atoms with van der Waals surface area (Å²) < 4.78 is 8.93. The van der Waals surface area contributed by atoms with Crippen LogP contribution < -0.4 is 5.19 Å². The Morgan fingerprint density at radius 2 is 1.29 bits per heavy atom. The predicted octanol–water partition coefficient (Wildman–Crippen LogP) is 16.4. The van der Waals surface area contributed by atoms with E-state index in [9.17, 15) is 0 Å². The molecule has 0 bridgehead atoms.